The molecule has 1 aromatic carbocycles. The molecule has 1 aromatic heterocycles. The highest BCUT2D eigenvalue weighted by Gasteiger charge is 2.21. The van der Waals surface area contributed by atoms with Gasteiger partial charge in [0, 0.05) is 24.7 Å². The number of hydrogen-bond acceptors (Lipinski definition) is 6. The molecule has 0 spiro atoms. The minimum atomic E-state index is -3.57. The molecule has 0 saturated carbocycles. The molecule has 0 aliphatic heterocycles. The highest BCUT2D eigenvalue weighted by atomic mass is 32.2. The van der Waals surface area contributed by atoms with Gasteiger partial charge in [-0.05, 0) is 31.2 Å². The van der Waals surface area contributed by atoms with Crippen LogP contribution in [0.2, 0.25) is 0 Å². The van der Waals surface area contributed by atoms with Crippen LogP contribution in [0.15, 0.2) is 34.9 Å². The third-order valence-corrected chi connectivity index (χ3v) is 4.36. The predicted molar refractivity (Wildman–Crippen MR) is 89.7 cm³/mol. The highest BCUT2D eigenvalue weighted by molar-refractivity contribution is 7.92. The summed E-state index contributed by atoms with van der Waals surface area (Å²) in [5, 5.41) is 6.39. The number of aryl methyl sites for hydroxylation is 1. The SMILES string of the molecule is COc1ccc(NC(=O)CCN(c2cc(C)on2)S(C)(=O)=O)cc1. The van der Waals surface area contributed by atoms with E-state index in [1.54, 1.807) is 38.3 Å². The van der Waals surface area contributed by atoms with Gasteiger partial charge >= 0.3 is 0 Å². The molecule has 0 saturated heterocycles. The zero-order valence-electron chi connectivity index (χ0n) is 13.6. The third kappa shape index (κ3) is 4.72. The summed E-state index contributed by atoms with van der Waals surface area (Å²) in [5.74, 6) is 1.01. The van der Waals surface area contributed by atoms with Crippen LogP contribution in [0.5, 0.6) is 5.75 Å². The number of nitrogens with zero attached hydrogens (tertiary/aromatic N) is 2. The van der Waals surface area contributed by atoms with Crippen molar-refractivity contribution in [1.82, 2.24) is 5.16 Å². The van der Waals surface area contributed by atoms with Crippen molar-refractivity contribution in [3.63, 3.8) is 0 Å². The minimum Gasteiger partial charge on any atom is -0.497 e. The lowest BCUT2D eigenvalue weighted by molar-refractivity contribution is -0.116. The third-order valence-electron chi connectivity index (χ3n) is 3.19. The van der Waals surface area contributed by atoms with Gasteiger partial charge in [0.1, 0.15) is 11.5 Å². The number of rotatable bonds is 7. The average molecular weight is 353 g/mol. The monoisotopic (exact) mass is 353 g/mol. The van der Waals surface area contributed by atoms with Crippen molar-refractivity contribution in [3.8, 4) is 5.75 Å². The van der Waals surface area contributed by atoms with Gasteiger partial charge in [0.25, 0.3) is 0 Å². The molecule has 0 unspecified atom stereocenters. The normalized spacial score (nSPS) is 11.1. The number of ether oxygens (including phenoxy) is 1. The summed E-state index contributed by atoms with van der Waals surface area (Å²) in [5.41, 5.74) is 0.601. The van der Waals surface area contributed by atoms with E-state index in [9.17, 15) is 13.2 Å². The highest BCUT2D eigenvalue weighted by Crippen LogP contribution is 2.18. The van der Waals surface area contributed by atoms with Gasteiger partial charge in [0.05, 0.1) is 13.4 Å². The summed E-state index contributed by atoms with van der Waals surface area (Å²) >= 11 is 0. The first-order chi connectivity index (χ1) is 11.3. The van der Waals surface area contributed by atoms with Crippen molar-refractivity contribution < 1.29 is 22.5 Å². The van der Waals surface area contributed by atoms with Crippen molar-refractivity contribution in [1.29, 1.82) is 0 Å². The summed E-state index contributed by atoms with van der Waals surface area (Å²) < 4.78 is 34.7. The molecule has 9 heteroatoms. The second-order valence-corrected chi connectivity index (χ2v) is 7.06. The standard InChI is InChI=1S/C15H19N3O5S/c1-11-10-14(17-23-11)18(24(3,20)21)9-8-15(19)16-12-4-6-13(22-2)7-5-12/h4-7,10H,8-9H2,1-3H3,(H,16,19). The van der Waals surface area contributed by atoms with E-state index in [1.807, 2.05) is 0 Å². The van der Waals surface area contributed by atoms with Crippen LogP contribution in [0.4, 0.5) is 11.5 Å². The largest absolute Gasteiger partial charge is 0.497 e. The van der Waals surface area contributed by atoms with Gasteiger partial charge in [-0.3, -0.25) is 9.10 Å². The Balaban J connectivity index is 1.99. The molecule has 24 heavy (non-hydrogen) atoms. The van der Waals surface area contributed by atoms with Crippen LogP contribution in [-0.2, 0) is 14.8 Å². The van der Waals surface area contributed by atoms with Crippen LogP contribution < -0.4 is 14.4 Å². The number of sulfonamides is 1. The Morgan fingerprint density at radius 3 is 2.50 bits per heavy atom. The number of nitrogens with one attached hydrogen (secondary N) is 1. The van der Waals surface area contributed by atoms with E-state index in [2.05, 4.69) is 10.5 Å². The van der Waals surface area contributed by atoms with E-state index < -0.39 is 10.0 Å². The predicted octanol–water partition coefficient (Wildman–Crippen LogP) is 1.79. The van der Waals surface area contributed by atoms with E-state index in [0.29, 0.717) is 17.2 Å². The van der Waals surface area contributed by atoms with Crippen molar-refractivity contribution in [2.24, 2.45) is 0 Å². The van der Waals surface area contributed by atoms with Crippen LogP contribution in [0, 0.1) is 6.92 Å². The number of methoxy groups -OCH3 is 1. The Labute approximate surface area is 140 Å². The van der Waals surface area contributed by atoms with Crippen LogP contribution in [0.25, 0.3) is 0 Å². The van der Waals surface area contributed by atoms with E-state index >= 15 is 0 Å². The zero-order chi connectivity index (χ0) is 17.7. The van der Waals surface area contributed by atoms with Gasteiger partial charge in [-0.25, -0.2) is 8.42 Å². The van der Waals surface area contributed by atoms with Gasteiger partial charge < -0.3 is 14.6 Å². The first kappa shape index (κ1) is 17.8. The number of hydrogen-bond donors (Lipinski definition) is 1. The maximum Gasteiger partial charge on any atom is 0.233 e. The van der Waals surface area contributed by atoms with Crippen molar-refractivity contribution in [2.45, 2.75) is 13.3 Å². The number of carbonyl (C=O) groups excluding carboxylic acids is 1. The Hall–Kier alpha value is -2.55. The molecule has 8 nitrogen and oxygen atoms in total. The van der Waals surface area contributed by atoms with E-state index in [1.165, 1.54) is 6.07 Å². The number of anilines is 2. The number of aromatic nitrogens is 1. The van der Waals surface area contributed by atoms with Crippen LogP contribution in [-0.4, -0.2) is 39.4 Å². The number of amides is 1. The lowest BCUT2D eigenvalue weighted by Gasteiger charge is -2.18. The fourth-order valence-corrected chi connectivity index (χ4v) is 2.87. The van der Waals surface area contributed by atoms with E-state index in [-0.39, 0.29) is 24.7 Å². The summed E-state index contributed by atoms with van der Waals surface area (Å²) in [7, 11) is -2.01. The quantitative estimate of drug-likeness (QED) is 0.814. The van der Waals surface area contributed by atoms with Gasteiger partial charge in [0.15, 0.2) is 5.82 Å². The molecular weight excluding hydrogens is 334 g/mol. The summed E-state index contributed by atoms with van der Waals surface area (Å²) in [6, 6.07) is 8.34. The molecule has 0 atom stereocenters. The van der Waals surface area contributed by atoms with E-state index in [4.69, 9.17) is 9.26 Å². The maximum atomic E-state index is 12.0. The van der Waals surface area contributed by atoms with Crippen LogP contribution >= 0.6 is 0 Å². The van der Waals surface area contributed by atoms with Crippen LogP contribution in [0.3, 0.4) is 0 Å². The summed E-state index contributed by atoms with van der Waals surface area (Å²) in [6.45, 7) is 1.63. The number of carbonyl (C=O) groups is 1. The molecule has 2 rings (SSSR count). The Morgan fingerprint density at radius 2 is 2.00 bits per heavy atom. The first-order valence-corrected chi connectivity index (χ1v) is 8.99. The van der Waals surface area contributed by atoms with Gasteiger partial charge in [-0.1, -0.05) is 5.16 Å². The van der Waals surface area contributed by atoms with Crippen LogP contribution in [0.1, 0.15) is 12.2 Å². The number of benzene rings is 1. The Bertz CT molecular complexity index is 799. The fourth-order valence-electron chi connectivity index (χ4n) is 2.02. The molecule has 0 aliphatic carbocycles. The Morgan fingerprint density at radius 1 is 1.33 bits per heavy atom. The average Bonchev–Trinajstić information content (AvgIpc) is 2.93. The lowest BCUT2D eigenvalue weighted by Crippen LogP contribution is -2.33. The van der Waals surface area contributed by atoms with Gasteiger partial charge in [-0.2, -0.15) is 0 Å². The van der Waals surface area contributed by atoms with Crippen molar-refractivity contribution in [2.75, 3.05) is 29.5 Å². The molecule has 0 aliphatic rings. The minimum absolute atomic E-state index is 0.0228. The molecule has 130 valence electrons. The summed E-state index contributed by atoms with van der Waals surface area (Å²) in [4.78, 5) is 12.0. The fraction of sp³-hybridized carbons (Fsp3) is 0.333. The maximum absolute atomic E-state index is 12.0. The molecule has 0 bridgehead atoms. The second-order valence-electron chi connectivity index (χ2n) is 5.16. The van der Waals surface area contributed by atoms with E-state index in [0.717, 1.165) is 10.6 Å². The summed E-state index contributed by atoms with van der Waals surface area (Å²) in [6.07, 6.45) is 1.03. The lowest BCUT2D eigenvalue weighted by atomic mass is 10.3. The molecule has 1 heterocycles. The Kier molecular flexibility index (Phi) is 5.45. The second kappa shape index (κ2) is 7.35. The van der Waals surface area contributed by atoms with Gasteiger partial charge in [-0.15, -0.1) is 0 Å². The first-order valence-electron chi connectivity index (χ1n) is 7.14. The molecular formula is C15H19N3O5S. The molecule has 2 aromatic rings. The van der Waals surface area contributed by atoms with Crippen molar-refractivity contribution in [3.05, 3.63) is 36.1 Å². The molecule has 1 amide bonds. The van der Waals surface area contributed by atoms with Gasteiger partial charge in [0.2, 0.25) is 15.9 Å². The smallest absolute Gasteiger partial charge is 0.233 e. The zero-order valence-corrected chi connectivity index (χ0v) is 14.5. The van der Waals surface area contributed by atoms with Crippen molar-refractivity contribution >= 4 is 27.4 Å². The molecule has 0 fully saturated rings. The molecule has 0 radical (unpaired) electrons. The topological polar surface area (TPSA) is 102 Å². The molecule has 1 N–H and O–H groups in total.